The third kappa shape index (κ3) is 36.6. The SMILES string of the molecule is CC.CC/C=C(\C=C(\CC(=O)OCCCCCCOC(F)(F)F)C(=O)OCCCCCCOC(F)(F)F)OCCCCCCOC(F)(F)F. The Bertz CT molecular complexity index is 903. The third-order valence-corrected chi connectivity index (χ3v) is 6.00. The summed E-state index contributed by atoms with van der Waals surface area (Å²) in [6.45, 7) is 4.50. The fraction of sp³-hybridized carbons (Fsp3) is 0.812. The van der Waals surface area contributed by atoms with Crippen LogP contribution in [0.15, 0.2) is 23.5 Å². The summed E-state index contributed by atoms with van der Waals surface area (Å²) in [4.78, 5) is 25.3. The highest BCUT2D eigenvalue weighted by atomic mass is 19.4. The molecule has 0 amide bonds. The van der Waals surface area contributed by atoms with Gasteiger partial charge in [0.1, 0.15) is 5.76 Å². The Hall–Kier alpha value is -2.53. The zero-order chi connectivity index (χ0) is 37.6. The number of hydrogen-bond acceptors (Lipinski definition) is 8. The van der Waals surface area contributed by atoms with Crippen molar-refractivity contribution >= 4 is 11.9 Å². The average molecular weight is 735 g/mol. The van der Waals surface area contributed by atoms with Gasteiger partial charge in [-0.25, -0.2) is 4.79 Å². The molecule has 0 aliphatic carbocycles. The van der Waals surface area contributed by atoms with Crippen molar-refractivity contribution in [2.24, 2.45) is 0 Å². The predicted octanol–water partition coefficient (Wildman–Crippen LogP) is 10.0. The fourth-order valence-corrected chi connectivity index (χ4v) is 3.79. The van der Waals surface area contributed by atoms with E-state index in [1.807, 2.05) is 13.8 Å². The minimum absolute atomic E-state index is 0.0263. The first kappa shape index (κ1) is 48.6. The van der Waals surface area contributed by atoms with E-state index in [2.05, 4.69) is 14.2 Å². The number of unbranched alkanes of at least 4 members (excludes halogenated alkanes) is 9. The van der Waals surface area contributed by atoms with Crippen LogP contribution < -0.4 is 0 Å². The number of carbonyl (C=O) groups is 2. The van der Waals surface area contributed by atoms with Gasteiger partial charge in [0.15, 0.2) is 0 Å². The molecule has 49 heavy (non-hydrogen) atoms. The van der Waals surface area contributed by atoms with Crippen LogP contribution in [0.2, 0.25) is 0 Å². The van der Waals surface area contributed by atoms with Crippen LogP contribution in [-0.2, 0) is 38.0 Å². The van der Waals surface area contributed by atoms with E-state index in [1.165, 1.54) is 6.08 Å². The number of rotatable bonds is 27. The number of alkyl halides is 9. The van der Waals surface area contributed by atoms with Gasteiger partial charge in [-0.05, 0) is 76.4 Å². The Morgan fingerprint density at radius 1 is 0.510 bits per heavy atom. The van der Waals surface area contributed by atoms with E-state index in [9.17, 15) is 49.1 Å². The molecule has 17 heteroatoms. The van der Waals surface area contributed by atoms with Crippen LogP contribution in [0.3, 0.4) is 0 Å². The second kappa shape index (κ2) is 29.2. The summed E-state index contributed by atoms with van der Waals surface area (Å²) in [7, 11) is 0. The number of ether oxygens (including phenoxy) is 6. The van der Waals surface area contributed by atoms with Gasteiger partial charge in [-0.2, -0.15) is 0 Å². The van der Waals surface area contributed by atoms with E-state index in [-0.39, 0.29) is 50.4 Å². The maximum absolute atomic E-state index is 12.8. The van der Waals surface area contributed by atoms with E-state index in [4.69, 9.17) is 14.2 Å². The number of halogens is 9. The molecule has 290 valence electrons. The lowest BCUT2D eigenvalue weighted by Gasteiger charge is -2.12. The third-order valence-electron chi connectivity index (χ3n) is 6.00. The van der Waals surface area contributed by atoms with Gasteiger partial charge in [-0.1, -0.05) is 40.0 Å². The molecule has 0 aliphatic rings. The molecule has 0 N–H and O–H groups in total. The first-order valence-corrected chi connectivity index (χ1v) is 16.5. The van der Waals surface area contributed by atoms with Crippen LogP contribution in [0, 0.1) is 0 Å². The zero-order valence-corrected chi connectivity index (χ0v) is 28.5. The largest absolute Gasteiger partial charge is 0.522 e. The highest BCUT2D eigenvalue weighted by Gasteiger charge is 2.29. The van der Waals surface area contributed by atoms with Crippen LogP contribution in [0.1, 0.15) is 111 Å². The second-order valence-electron chi connectivity index (χ2n) is 10.2. The predicted molar refractivity (Wildman–Crippen MR) is 162 cm³/mol. The van der Waals surface area contributed by atoms with Crippen molar-refractivity contribution in [1.29, 1.82) is 0 Å². The average Bonchev–Trinajstić information content (AvgIpc) is 3.00. The van der Waals surface area contributed by atoms with Crippen molar-refractivity contribution < 1.29 is 77.5 Å². The molecule has 0 aliphatic heterocycles. The minimum atomic E-state index is -4.70. The summed E-state index contributed by atoms with van der Waals surface area (Å²) < 4.78 is 135. The Morgan fingerprint density at radius 3 is 1.22 bits per heavy atom. The quantitative estimate of drug-likeness (QED) is 0.0206. The van der Waals surface area contributed by atoms with E-state index in [1.54, 1.807) is 13.0 Å². The molecule has 8 nitrogen and oxygen atoms in total. The molecule has 0 atom stereocenters. The molecule has 0 rings (SSSR count). The van der Waals surface area contributed by atoms with Crippen LogP contribution in [0.5, 0.6) is 0 Å². The van der Waals surface area contributed by atoms with Crippen LogP contribution in [0.25, 0.3) is 0 Å². The van der Waals surface area contributed by atoms with Crippen LogP contribution in [0.4, 0.5) is 39.5 Å². The smallest absolute Gasteiger partial charge is 0.494 e. The molecule has 0 fully saturated rings. The van der Waals surface area contributed by atoms with Gasteiger partial charge in [0, 0.05) is 0 Å². The maximum Gasteiger partial charge on any atom is 0.522 e. The first-order chi connectivity index (χ1) is 23.0. The number of esters is 2. The molecular weight excluding hydrogens is 683 g/mol. The number of hydrogen-bond donors (Lipinski definition) is 0. The molecule has 0 aromatic carbocycles. The Balaban J connectivity index is 0. The summed E-state index contributed by atoms with van der Waals surface area (Å²) in [5, 5.41) is 0. The van der Waals surface area contributed by atoms with Gasteiger partial charge in [-0.15, -0.1) is 39.5 Å². The summed E-state index contributed by atoms with van der Waals surface area (Å²) in [6, 6.07) is 0. The molecule has 0 saturated heterocycles. The summed E-state index contributed by atoms with van der Waals surface area (Å²) in [6.07, 6.45) is -6.47. The Morgan fingerprint density at radius 2 is 0.857 bits per heavy atom. The van der Waals surface area contributed by atoms with Gasteiger partial charge in [0.25, 0.3) is 0 Å². The topological polar surface area (TPSA) is 89.5 Å². The van der Waals surface area contributed by atoms with Crippen LogP contribution in [-0.4, -0.2) is 70.7 Å². The molecule has 0 aromatic heterocycles. The molecule has 0 radical (unpaired) electrons. The fourth-order valence-electron chi connectivity index (χ4n) is 3.79. The lowest BCUT2D eigenvalue weighted by Crippen LogP contribution is -2.16. The minimum Gasteiger partial charge on any atom is -0.494 e. The lowest BCUT2D eigenvalue weighted by molar-refractivity contribution is -0.325. The Labute approximate surface area is 282 Å². The van der Waals surface area contributed by atoms with Crippen molar-refractivity contribution in [1.82, 2.24) is 0 Å². The highest BCUT2D eigenvalue weighted by molar-refractivity contribution is 5.94. The van der Waals surface area contributed by atoms with Crippen molar-refractivity contribution in [2.45, 2.75) is 130 Å². The highest BCUT2D eigenvalue weighted by Crippen LogP contribution is 2.19. The summed E-state index contributed by atoms with van der Waals surface area (Å²) in [5.74, 6) is -1.32. The van der Waals surface area contributed by atoms with E-state index >= 15 is 0 Å². The van der Waals surface area contributed by atoms with Crippen LogP contribution >= 0.6 is 0 Å². The number of allylic oxidation sites excluding steroid dienone is 2. The van der Waals surface area contributed by atoms with Gasteiger partial charge in [-0.3, -0.25) is 19.0 Å². The summed E-state index contributed by atoms with van der Waals surface area (Å²) >= 11 is 0. The van der Waals surface area contributed by atoms with Gasteiger partial charge in [0.05, 0.1) is 51.6 Å². The van der Waals surface area contributed by atoms with E-state index < -0.39 is 57.3 Å². The van der Waals surface area contributed by atoms with Crippen molar-refractivity contribution in [3.63, 3.8) is 0 Å². The molecule has 0 unspecified atom stereocenters. The lowest BCUT2D eigenvalue weighted by atomic mass is 10.1. The molecule has 0 spiro atoms. The van der Waals surface area contributed by atoms with Crippen molar-refractivity contribution in [2.75, 3.05) is 39.6 Å². The monoisotopic (exact) mass is 734 g/mol. The van der Waals surface area contributed by atoms with Crippen molar-refractivity contribution in [3.8, 4) is 0 Å². The van der Waals surface area contributed by atoms with Gasteiger partial charge >= 0.3 is 31.0 Å². The molecular formula is C32H51F9O8. The zero-order valence-electron chi connectivity index (χ0n) is 28.5. The molecule has 0 saturated carbocycles. The molecule has 0 bridgehead atoms. The van der Waals surface area contributed by atoms with E-state index in [0.29, 0.717) is 64.2 Å². The second-order valence-corrected chi connectivity index (χ2v) is 10.2. The van der Waals surface area contributed by atoms with Gasteiger partial charge in [0.2, 0.25) is 0 Å². The standard InChI is InChI=1S/C30H45F9O8.C2H6/c1-2-15-25(42-16-9-3-6-12-19-45-28(31,32)33)22-24(27(41)44-18-11-5-8-14-21-47-30(37,38)39)23-26(40)43-17-10-4-7-13-20-46-29(34,35)36;1-2/h15,22H,2-14,16-21,23H2,1H3;1-2H3/b24-22-,25-15+;. The summed E-state index contributed by atoms with van der Waals surface area (Å²) in [5.41, 5.74) is -0.0816. The normalized spacial score (nSPS) is 12.7. The molecule has 0 heterocycles. The molecule has 0 aromatic rings. The Kier molecular flexibility index (Phi) is 29.0. The maximum atomic E-state index is 12.8. The number of carbonyl (C=O) groups excluding carboxylic acids is 2. The first-order valence-electron chi connectivity index (χ1n) is 16.5. The van der Waals surface area contributed by atoms with Crippen molar-refractivity contribution in [3.05, 3.63) is 23.5 Å². The van der Waals surface area contributed by atoms with E-state index in [0.717, 1.165) is 0 Å². The van der Waals surface area contributed by atoms with Gasteiger partial charge < -0.3 is 14.2 Å².